The number of nitrogens with zero attached hydrogens (tertiary/aromatic N) is 3. The van der Waals surface area contributed by atoms with Crippen LogP contribution in [0.15, 0.2) is 24.4 Å². The zero-order chi connectivity index (χ0) is 17.8. The van der Waals surface area contributed by atoms with Gasteiger partial charge in [-0.2, -0.15) is 0 Å². The maximum absolute atomic E-state index is 11.7. The normalized spacial score (nSPS) is 13.5. The highest BCUT2D eigenvalue weighted by atomic mass is 16.6. The maximum atomic E-state index is 11.7. The molecule has 0 aromatic carbocycles. The van der Waals surface area contributed by atoms with Crippen molar-refractivity contribution in [2.75, 3.05) is 19.0 Å². The summed E-state index contributed by atoms with van der Waals surface area (Å²) >= 11 is 0. The fraction of sp³-hybridized carbons (Fsp3) is 0.444. The van der Waals surface area contributed by atoms with Crippen LogP contribution in [0.5, 0.6) is 5.88 Å². The van der Waals surface area contributed by atoms with E-state index in [4.69, 9.17) is 4.74 Å². The summed E-state index contributed by atoms with van der Waals surface area (Å²) in [6.45, 7) is 2.50. The predicted molar refractivity (Wildman–Crippen MR) is 95.9 cm³/mol. The van der Waals surface area contributed by atoms with Crippen LogP contribution in [0.3, 0.4) is 0 Å². The van der Waals surface area contributed by atoms with Gasteiger partial charge in [0, 0.05) is 30.1 Å². The molecule has 0 unspecified atom stereocenters. The molecule has 0 spiro atoms. The third-order valence-electron chi connectivity index (χ3n) is 4.44. The van der Waals surface area contributed by atoms with E-state index in [1.807, 2.05) is 6.92 Å². The van der Waals surface area contributed by atoms with Gasteiger partial charge in [0.15, 0.2) is 0 Å². The second kappa shape index (κ2) is 7.46. The van der Waals surface area contributed by atoms with E-state index in [9.17, 15) is 10.1 Å². The van der Waals surface area contributed by atoms with E-state index < -0.39 is 0 Å². The first-order valence-corrected chi connectivity index (χ1v) is 8.49. The van der Waals surface area contributed by atoms with Gasteiger partial charge in [-0.15, -0.1) is 0 Å². The quantitative estimate of drug-likeness (QED) is 0.443. The van der Waals surface area contributed by atoms with Crippen LogP contribution in [0.1, 0.15) is 31.4 Å². The summed E-state index contributed by atoms with van der Waals surface area (Å²) in [6, 6.07) is 5.15. The van der Waals surface area contributed by atoms with E-state index >= 15 is 0 Å². The highest BCUT2D eigenvalue weighted by Gasteiger charge is 2.24. The number of rotatable bonds is 8. The zero-order valence-corrected chi connectivity index (χ0v) is 14.5. The zero-order valence-electron chi connectivity index (χ0n) is 14.5. The number of hydrogen-bond acceptors (Lipinski definition) is 6. The topological polar surface area (TPSA) is 90.2 Å². The summed E-state index contributed by atoms with van der Waals surface area (Å²) in [5.41, 5.74) is 1.88. The summed E-state index contributed by atoms with van der Waals surface area (Å²) in [5, 5.41) is 14.8. The number of nitrogens with one attached hydrogen (secondary N) is 1. The number of ether oxygens (including phenoxy) is 1. The third-order valence-corrected chi connectivity index (χ3v) is 4.44. The fourth-order valence-electron chi connectivity index (χ4n) is 2.93. The van der Waals surface area contributed by atoms with Crippen molar-refractivity contribution in [3.05, 3.63) is 40.2 Å². The fourth-order valence-corrected chi connectivity index (χ4v) is 2.93. The van der Waals surface area contributed by atoms with Gasteiger partial charge >= 0.3 is 5.69 Å². The van der Waals surface area contributed by atoms with Crippen LogP contribution in [0.2, 0.25) is 0 Å². The lowest BCUT2D eigenvalue weighted by Gasteiger charge is -2.11. The Morgan fingerprint density at radius 2 is 2.12 bits per heavy atom. The van der Waals surface area contributed by atoms with Crippen LogP contribution in [0.25, 0.3) is 11.1 Å². The Morgan fingerprint density at radius 1 is 1.32 bits per heavy atom. The van der Waals surface area contributed by atoms with Gasteiger partial charge in [0.2, 0.25) is 11.7 Å². The third kappa shape index (κ3) is 4.04. The van der Waals surface area contributed by atoms with E-state index in [-0.39, 0.29) is 10.6 Å². The molecule has 7 nitrogen and oxygen atoms in total. The summed E-state index contributed by atoms with van der Waals surface area (Å²) in [5.74, 6) is 1.65. The van der Waals surface area contributed by atoms with Gasteiger partial charge in [0.25, 0.3) is 0 Å². The van der Waals surface area contributed by atoms with Crippen molar-refractivity contribution in [3.8, 4) is 17.0 Å². The molecule has 2 aromatic heterocycles. The number of methoxy groups -OCH3 is 1. The lowest BCUT2D eigenvalue weighted by atomic mass is 10.0. The van der Waals surface area contributed by atoms with Crippen LogP contribution in [-0.4, -0.2) is 28.5 Å². The van der Waals surface area contributed by atoms with Gasteiger partial charge in [-0.05, 0) is 37.8 Å². The van der Waals surface area contributed by atoms with Gasteiger partial charge in [0.05, 0.1) is 17.6 Å². The molecule has 1 saturated carbocycles. The number of anilines is 1. The Morgan fingerprint density at radius 3 is 2.76 bits per heavy atom. The van der Waals surface area contributed by atoms with Crippen molar-refractivity contribution in [2.24, 2.45) is 5.92 Å². The Labute approximate surface area is 146 Å². The molecule has 0 atom stereocenters. The van der Waals surface area contributed by atoms with Crippen molar-refractivity contribution in [2.45, 2.75) is 32.6 Å². The van der Waals surface area contributed by atoms with E-state index in [0.717, 1.165) is 12.3 Å². The summed E-state index contributed by atoms with van der Waals surface area (Å²) < 4.78 is 5.11. The van der Waals surface area contributed by atoms with Gasteiger partial charge in [-0.3, -0.25) is 10.1 Å². The van der Waals surface area contributed by atoms with E-state index in [1.54, 1.807) is 31.5 Å². The van der Waals surface area contributed by atoms with E-state index in [0.29, 0.717) is 35.1 Å². The van der Waals surface area contributed by atoms with Gasteiger partial charge in [-0.25, -0.2) is 9.97 Å². The smallest absolute Gasteiger partial charge is 0.319 e. The van der Waals surface area contributed by atoms with Crippen LogP contribution in [-0.2, 0) is 0 Å². The lowest BCUT2D eigenvalue weighted by molar-refractivity contribution is -0.383. The monoisotopic (exact) mass is 342 g/mol. The molecule has 1 aliphatic carbocycles. The molecule has 25 heavy (non-hydrogen) atoms. The molecule has 0 radical (unpaired) electrons. The number of aromatic nitrogens is 2. The molecule has 132 valence electrons. The van der Waals surface area contributed by atoms with E-state index in [2.05, 4.69) is 15.3 Å². The highest BCUT2D eigenvalue weighted by molar-refractivity contribution is 5.81. The Hall–Kier alpha value is -2.70. The second-order valence-corrected chi connectivity index (χ2v) is 6.31. The minimum atomic E-state index is -0.380. The Balaban J connectivity index is 1.87. The second-order valence-electron chi connectivity index (χ2n) is 6.31. The first-order chi connectivity index (χ1) is 12.1. The predicted octanol–water partition coefficient (Wildman–Crippen LogP) is 3.97. The summed E-state index contributed by atoms with van der Waals surface area (Å²) in [6.07, 6.45) is 6.39. The molecule has 0 saturated heterocycles. The van der Waals surface area contributed by atoms with Gasteiger partial charge in [0.1, 0.15) is 0 Å². The Bertz CT molecular complexity index is 775. The molecule has 7 heteroatoms. The molecule has 2 heterocycles. The SMILES string of the molecule is COc1ccc(-c2ccnc(NCCCC3CC3)c2[N+](=O)[O-])c(C)n1. The van der Waals surface area contributed by atoms with Crippen molar-refractivity contribution >= 4 is 11.5 Å². The molecule has 1 aliphatic rings. The summed E-state index contributed by atoms with van der Waals surface area (Å²) in [4.78, 5) is 19.8. The molecule has 3 rings (SSSR count). The van der Waals surface area contributed by atoms with Crippen LogP contribution in [0.4, 0.5) is 11.5 Å². The first-order valence-electron chi connectivity index (χ1n) is 8.49. The molecule has 2 aromatic rings. The average molecular weight is 342 g/mol. The highest BCUT2D eigenvalue weighted by Crippen LogP contribution is 2.37. The summed E-state index contributed by atoms with van der Waals surface area (Å²) in [7, 11) is 1.54. The standard InChI is InChI=1S/C18H22N4O3/c1-12-14(7-8-16(21-12)25-2)15-9-11-20-18(17(15)22(23)24)19-10-3-4-13-5-6-13/h7-9,11,13H,3-6,10H2,1-2H3,(H,19,20). The van der Waals surface area contributed by atoms with Crippen LogP contribution < -0.4 is 10.1 Å². The largest absolute Gasteiger partial charge is 0.481 e. The Kier molecular flexibility index (Phi) is 5.11. The van der Waals surface area contributed by atoms with Crippen LogP contribution in [0, 0.1) is 23.0 Å². The van der Waals surface area contributed by atoms with Crippen molar-refractivity contribution in [1.82, 2.24) is 9.97 Å². The number of hydrogen-bond donors (Lipinski definition) is 1. The molecule has 1 fully saturated rings. The number of pyridine rings is 2. The molecule has 0 aliphatic heterocycles. The molecule has 0 bridgehead atoms. The minimum Gasteiger partial charge on any atom is -0.481 e. The van der Waals surface area contributed by atoms with Gasteiger partial charge in [-0.1, -0.05) is 12.8 Å². The van der Waals surface area contributed by atoms with Gasteiger partial charge < -0.3 is 10.1 Å². The average Bonchev–Trinajstić information content (AvgIpc) is 3.42. The molecular formula is C18H22N4O3. The number of nitro groups is 1. The number of aryl methyl sites for hydroxylation is 1. The molecular weight excluding hydrogens is 320 g/mol. The first kappa shape index (κ1) is 17.1. The molecule has 1 N–H and O–H groups in total. The van der Waals surface area contributed by atoms with Crippen molar-refractivity contribution in [3.63, 3.8) is 0 Å². The molecule has 0 amide bonds. The minimum absolute atomic E-state index is 0.0102. The lowest BCUT2D eigenvalue weighted by Crippen LogP contribution is -2.07. The maximum Gasteiger partial charge on any atom is 0.319 e. The van der Waals surface area contributed by atoms with Crippen molar-refractivity contribution < 1.29 is 9.66 Å². The van der Waals surface area contributed by atoms with Crippen LogP contribution >= 0.6 is 0 Å². The van der Waals surface area contributed by atoms with E-state index in [1.165, 1.54) is 19.3 Å². The van der Waals surface area contributed by atoms with Crippen molar-refractivity contribution in [1.29, 1.82) is 0 Å².